The second kappa shape index (κ2) is 6.53. The van der Waals surface area contributed by atoms with Crippen LogP contribution in [0.4, 0.5) is 0 Å². The Balaban J connectivity index is 1.82. The summed E-state index contributed by atoms with van der Waals surface area (Å²) in [4.78, 5) is 14.2. The van der Waals surface area contributed by atoms with Crippen LogP contribution in [0.1, 0.15) is 46.0 Å². The first-order valence-electron chi connectivity index (χ1n) is 7.36. The van der Waals surface area contributed by atoms with E-state index in [0.29, 0.717) is 6.04 Å². The SMILES string of the molecule is CC(OC1CCCNC1C)C(=O)N1CCCCC1. The molecule has 0 radical (unpaired) electrons. The fourth-order valence-corrected chi connectivity index (χ4v) is 2.89. The summed E-state index contributed by atoms with van der Waals surface area (Å²) in [6, 6.07) is 0.357. The van der Waals surface area contributed by atoms with Gasteiger partial charge in [-0.3, -0.25) is 4.79 Å². The minimum atomic E-state index is -0.296. The Kier molecular flexibility index (Phi) is 5.01. The van der Waals surface area contributed by atoms with Gasteiger partial charge in [-0.25, -0.2) is 0 Å². The molecule has 3 unspecified atom stereocenters. The van der Waals surface area contributed by atoms with Gasteiger partial charge in [-0.15, -0.1) is 0 Å². The molecule has 3 atom stereocenters. The predicted octanol–water partition coefficient (Wildman–Crippen LogP) is 1.54. The first-order valence-corrected chi connectivity index (χ1v) is 7.36. The van der Waals surface area contributed by atoms with Crippen molar-refractivity contribution in [3.05, 3.63) is 0 Å². The van der Waals surface area contributed by atoms with Crippen molar-refractivity contribution in [2.75, 3.05) is 19.6 Å². The quantitative estimate of drug-likeness (QED) is 0.831. The molecule has 4 heteroatoms. The second-order valence-electron chi connectivity index (χ2n) is 5.59. The fraction of sp³-hybridized carbons (Fsp3) is 0.929. The number of ether oxygens (including phenoxy) is 1. The van der Waals surface area contributed by atoms with Crippen LogP contribution < -0.4 is 5.32 Å². The van der Waals surface area contributed by atoms with E-state index in [1.165, 1.54) is 6.42 Å². The molecule has 0 spiro atoms. The van der Waals surface area contributed by atoms with E-state index < -0.39 is 0 Å². The summed E-state index contributed by atoms with van der Waals surface area (Å²) >= 11 is 0. The summed E-state index contributed by atoms with van der Waals surface area (Å²) in [5.41, 5.74) is 0. The number of nitrogens with zero attached hydrogens (tertiary/aromatic N) is 1. The van der Waals surface area contributed by atoms with Gasteiger partial charge in [-0.2, -0.15) is 0 Å². The topological polar surface area (TPSA) is 41.6 Å². The lowest BCUT2D eigenvalue weighted by Crippen LogP contribution is -2.48. The molecule has 4 nitrogen and oxygen atoms in total. The third-order valence-corrected chi connectivity index (χ3v) is 4.08. The first-order chi connectivity index (χ1) is 8.68. The van der Waals surface area contributed by atoms with Crippen LogP contribution in [-0.4, -0.2) is 48.7 Å². The van der Waals surface area contributed by atoms with Crippen LogP contribution in [0.25, 0.3) is 0 Å². The van der Waals surface area contributed by atoms with Gasteiger partial charge in [-0.1, -0.05) is 0 Å². The van der Waals surface area contributed by atoms with Crippen LogP contribution >= 0.6 is 0 Å². The van der Waals surface area contributed by atoms with Crippen LogP contribution in [-0.2, 0) is 9.53 Å². The summed E-state index contributed by atoms with van der Waals surface area (Å²) in [6.45, 7) is 6.92. The molecule has 2 heterocycles. The lowest BCUT2D eigenvalue weighted by atomic mass is 10.0. The lowest BCUT2D eigenvalue weighted by Gasteiger charge is -2.34. The number of likely N-dealkylation sites (tertiary alicyclic amines) is 1. The maximum atomic E-state index is 12.3. The third kappa shape index (κ3) is 3.45. The Bertz CT molecular complexity index is 277. The minimum Gasteiger partial charge on any atom is -0.364 e. The van der Waals surface area contributed by atoms with Crippen molar-refractivity contribution in [2.45, 2.75) is 64.2 Å². The Morgan fingerprint density at radius 3 is 2.67 bits per heavy atom. The Hall–Kier alpha value is -0.610. The maximum absolute atomic E-state index is 12.3. The average Bonchev–Trinajstić information content (AvgIpc) is 2.41. The summed E-state index contributed by atoms with van der Waals surface area (Å²) in [7, 11) is 0. The number of hydrogen-bond donors (Lipinski definition) is 1. The van der Waals surface area contributed by atoms with Crippen molar-refractivity contribution in [3.8, 4) is 0 Å². The molecule has 0 aromatic heterocycles. The Labute approximate surface area is 110 Å². The van der Waals surface area contributed by atoms with Gasteiger partial charge < -0.3 is 15.0 Å². The van der Waals surface area contributed by atoms with Gasteiger partial charge in [0.05, 0.1) is 6.10 Å². The Morgan fingerprint density at radius 2 is 2.00 bits per heavy atom. The van der Waals surface area contributed by atoms with E-state index >= 15 is 0 Å². The summed E-state index contributed by atoms with van der Waals surface area (Å²) in [6.07, 6.45) is 5.62. The summed E-state index contributed by atoms with van der Waals surface area (Å²) < 4.78 is 5.96. The van der Waals surface area contributed by atoms with Crippen molar-refractivity contribution in [1.29, 1.82) is 0 Å². The highest BCUT2D eigenvalue weighted by Gasteiger charge is 2.28. The van der Waals surface area contributed by atoms with E-state index in [2.05, 4.69) is 12.2 Å². The van der Waals surface area contributed by atoms with Crippen molar-refractivity contribution in [3.63, 3.8) is 0 Å². The smallest absolute Gasteiger partial charge is 0.251 e. The van der Waals surface area contributed by atoms with Crippen LogP contribution in [0.2, 0.25) is 0 Å². The van der Waals surface area contributed by atoms with E-state index in [-0.39, 0.29) is 18.1 Å². The normalized spacial score (nSPS) is 31.1. The zero-order valence-electron chi connectivity index (χ0n) is 11.7. The lowest BCUT2D eigenvalue weighted by molar-refractivity contribution is -0.149. The van der Waals surface area contributed by atoms with Gasteiger partial charge in [-0.05, 0) is 52.5 Å². The van der Waals surface area contributed by atoms with Crippen LogP contribution in [0.5, 0.6) is 0 Å². The van der Waals surface area contributed by atoms with E-state index in [1.54, 1.807) is 0 Å². The van der Waals surface area contributed by atoms with Crippen molar-refractivity contribution >= 4 is 5.91 Å². The zero-order valence-corrected chi connectivity index (χ0v) is 11.7. The highest BCUT2D eigenvalue weighted by atomic mass is 16.5. The van der Waals surface area contributed by atoms with Crippen LogP contribution in [0, 0.1) is 0 Å². The van der Waals surface area contributed by atoms with Crippen LogP contribution in [0.3, 0.4) is 0 Å². The summed E-state index contributed by atoms with van der Waals surface area (Å²) in [5, 5.41) is 3.41. The molecule has 1 N–H and O–H groups in total. The molecule has 0 aromatic carbocycles. The molecular weight excluding hydrogens is 228 g/mol. The number of rotatable bonds is 3. The molecule has 104 valence electrons. The van der Waals surface area contributed by atoms with E-state index in [0.717, 1.165) is 45.3 Å². The largest absolute Gasteiger partial charge is 0.364 e. The molecule has 2 aliphatic heterocycles. The molecular formula is C14H26N2O2. The zero-order chi connectivity index (χ0) is 13.0. The second-order valence-corrected chi connectivity index (χ2v) is 5.59. The van der Waals surface area contributed by atoms with Gasteiger partial charge in [0.25, 0.3) is 5.91 Å². The van der Waals surface area contributed by atoms with E-state index in [4.69, 9.17) is 4.74 Å². The molecule has 2 saturated heterocycles. The first kappa shape index (κ1) is 13.8. The molecule has 2 rings (SSSR count). The van der Waals surface area contributed by atoms with Gasteiger partial charge in [0, 0.05) is 19.1 Å². The Morgan fingerprint density at radius 1 is 1.28 bits per heavy atom. The number of nitrogens with one attached hydrogen (secondary N) is 1. The fourth-order valence-electron chi connectivity index (χ4n) is 2.89. The van der Waals surface area contributed by atoms with Crippen LogP contribution in [0.15, 0.2) is 0 Å². The number of carbonyl (C=O) groups is 1. The molecule has 0 saturated carbocycles. The molecule has 0 aliphatic carbocycles. The number of amides is 1. The third-order valence-electron chi connectivity index (χ3n) is 4.08. The van der Waals surface area contributed by atoms with Crippen molar-refractivity contribution in [1.82, 2.24) is 10.2 Å². The maximum Gasteiger partial charge on any atom is 0.251 e. The standard InChI is InChI=1S/C14H26N2O2/c1-11-13(7-6-8-15-11)18-12(2)14(17)16-9-4-3-5-10-16/h11-13,15H,3-10H2,1-2H3. The van der Waals surface area contributed by atoms with Crippen molar-refractivity contribution < 1.29 is 9.53 Å². The molecule has 0 aromatic rings. The molecule has 18 heavy (non-hydrogen) atoms. The molecule has 2 fully saturated rings. The van der Waals surface area contributed by atoms with Gasteiger partial charge in [0.1, 0.15) is 6.10 Å². The summed E-state index contributed by atoms with van der Waals surface area (Å²) in [5.74, 6) is 0.174. The highest BCUT2D eigenvalue weighted by Crippen LogP contribution is 2.17. The minimum absolute atomic E-state index is 0.174. The van der Waals surface area contributed by atoms with E-state index in [9.17, 15) is 4.79 Å². The van der Waals surface area contributed by atoms with Gasteiger partial charge >= 0.3 is 0 Å². The number of piperidine rings is 2. The van der Waals surface area contributed by atoms with Gasteiger partial charge in [0.2, 0.25) is 0 Å². The van der Waals surface area contributed by atoms with E-state index in [1.807, 2.05) is 11.8 Å². The predicted molar refractivity (Wildman–Crippen MR) is 71.5 cm³/mol. The average molecular weight is 254 g/mol. The molecule has 0 bridgehead atoms. The molecule has 2 aliphatic rings. The number of hydrogen-bond acceptors (Lipinski definition) is 3. The monoisotopic (exact) mass is 254 g/mol. The van der Waals surface area contributed by atoms with Gasteiger partial charge in [0.15, 0.2) is 0 Å². The number of carbonyl (C=O) groups excluding carboxylic acids is 1. The highest BCUT2D eigenvalue weighted by molar-refractivity contribution is 5.80. The van der Waals surface area contributed by atoms with Crippen molar-refractivity contribution in [2.24, 2.45) is 0 Å². The molecule has 1 amide bonds.